The molecule has 0 aliphatic heterocycles. The van der Waals surface area contributed by atoms with Crippen molar-refractivity contribution in [2.45, 2.75) is 0 Å². The molecule has 0 aliphatic rings. The van der Waals surface area contributed by atoms with Gasteiger partial charge in [-0.2, -0.15) is 0 Å². The van der Waals surface area contributed by atoms with Crippen LogP contribution in [0.5, 0.6) is 0 Å². The molecule has 2 rings (SSSR count). The number of aromatic nitrogens is 1. The summed E-state index contributed by atoms with van der Waals surface area (Å²) in [6.45, 7) is 0. The van der Waals surface area contributed by atoms with Crippen molar-refractivity contribution in [1.29, 1.82) is 0 Å². The van der Waals surface area contributed by atoms with Gasteiger partial charge in [0.05, 0.1) is 10.9 Å². The Kier molecular flexibility index (Phi) is 2.12. The quantitative estimate of drug-likeness (QED) is 0.742. The average Bonchev–Trinajstić information content (AvgIpc) is 2.59. The number of carbonyl (C=O) groups is 2. The number of aromatic carboxylic acids is 2. The summed E-state index contributed by atoms with van der Waals surface area (Å²) in [5.74, 6) is -2.06. The van der Waals surface area contributed by atoms with E-state index in [0.717, 1.165) is 0 Å². The predicted octanol–water partition coefficient (Wildman–Crippen LogP) is 0.883. The highest BCUT2D eigenvalue weighted by Crippen LogP contribution is 2.11. The molecule has 15 heavy (non-hydrogen) atoms. The normalized spacial score (nSPS) is 10.4. The van der Waals surface area contributed by atoms with Gasteiger partial charge in [0.15, 0.2) is 6.20 Å². The van der Waals surface area contributed by atoms with Crippen molar-refractivity contribution in [3.63, 3.8) is 0 Å². The van der Waals surface area contributed by atoms with Gasteiger partial charge in [0, 0.05) is 12.1 Å². The Labute approximate surface area is 87.8 Å². The van der Waals surface area contributed by atoms with Gasteiger partial charge in [0.25, 0.3) is 4.83 Å². The van der Waals surface area contributed by atoms with Gasteiger partial charge in [-0.1, -0.05) is 11.3 Å². The van der Waals surface area contributed by atoms with Gasteiger partial charge in [-0.05, 0) is 0 Å². The minimum Gasteiger partial charge on any atom is -0.478 e. The lowest BCUT2D eigenvalue weighted by molar-refractivity contribution is -0.511. The van der Waals surface area contributed by atoms with E-state index in [9.17, 15) is 9.59 Å². The fraction of sp³-hybridized carbons (Fsp3) is 0. The second-order valence-corrected chi connectivity index (χ2v) is 3.74. The molecular formula is C9H6NO4S+. The standard InChI is InChI=1S/C9H5NO4S/c11-8(12)5-1-2-10-6(9(13)14)4-15-7(10)3-5/h1-4H,(H-,11,12,13,14)/p+1. The number of hydrogen-bond donors (Lipinski definition) is 2. The fourth-order valence-electron chi connectivity index (χ4n) is 1.23. The maximum Gasteiger partial charge on any atom is 0.402 e. The summed E-state index contributed by atoms with van der Waals surface area (Å²) >= 11 is 1.19. The maximum atomic E-state index is 10.8. The molecule has 0 saturated carbocycles. The van der Waals surface area contributed by atoms with Crippen molar-refractivity contribution in [3.05, 3.63) is 35.0 Å². The van der Waals surface area contributed by atoms with E-state index in [1.54, 1.807) is 0 Å². The van der Waals surface area contributed by atoms with E-state index in [4.69, 9.17) is 10.2 Å². The van der Waals surface area contributed by atoms with Crippen molar-refractivity contribution >= 4 is 28.1 Å². The Hall–Kier alpha value is -1.95. The molecule has 0 saturated heterocycles. The summed E-state index contributed by atoms with van der Waals surface area (Å²) < 4.78 is 1.44. The topological polar surface area (TPSA) is 78.7 Å². The first-order valence-corrected chi connectivity index (χ1v) is 4.87. The molecule has 2 aromatic heterocycles. The van der Waals surface area contributed by atoms with Crippen molar-refractivity contribution in [2.75, 3.05) is 0 Å². The van der Waals surface area contributed by atoms with E-state index in [2.05, 4.69) is 0 Å². The molecule has 0 atom stereocenters. The van der Waals surface area contributed by atoms with Crippen LogP contribution in [0, 0.1) is 0 Å². The summed E-state index contributed by atoms with van der Waals surface area (Å²) in [4.78, 5) is 22.0. The Morgan fingerprint density at radius 2 is 2.00 bits per heavy atom. The van der Waals surface area contributed by atoms with Crippen LogP contribution < -0.4 is 4.40 Å². The molecule has 6 heteroatoms. The van der Waals surface area contributed by atoms with E-state index in [1.807, 2.05) is 0 Å². The molecule has 2 heterocycles. The molecule has 0 radical (unpaired) electrons. The van der Waals surface area contributed by atoms with E-state index >= 15 is 0 Å². The van der Waals surface area contributed by atoms with Crippen LogP contribution in [-0.2, 0) is 0 Å². The highest BCUT2D eigenvalue weighted by Gasteiger charge is 2.20. The lowest BCUT2D eigenvalue weighted by Crippen LogP contribution is -2.27. The monoisotopic (exact) mass is 224 g/mol. The third kappa shape index (κ3) is 1.55. The lowest BCUT2D eigenvalue weighted by Gasteiger charge is -1.90. The Bertz CT molecular complexity index is 560. The van der Waals surface area contributed by atoms with Gasteiger partial charge >= 0.3 is 17.6 Å². The third-order valence-corrected chi connectivity index (χ3v) is 2.83. The zero-order chi connectivity index (χ0) is 11.0. The summed E-state index contributed by atoms with van der Waals surface area (Å²) in [6, 6.07) is 2.81. The number of pyridine rings is 1. The van der Waals surface area contributed by atoms with Crippen molar-refractivity contribution in [1.82, 2.24) is 0 Å². The average molecular weight is 224 g/mol. The highest BCUT2D eigenvalue weighted by atomic mass is 32.1. The van der Waals surface area contributed by atoms with E-state index < -0.39 is 11.9 Å². The zero-order valence-corrected chi connectivity index (χ0v) is 8.19. The predicted molar refractivity (Wildman–Crippen MR) is 51.4 cm³/mol. The molecular weight excluding hydrogens is 218 g/mol. The van der Waals surface area contributed by atoms with Crippen LogP contribution in [0.25, 0.3) is 4.83 Å². The summed E-state index contributed by atoms with van der Waals surface area (Å²) in [7, 11) is 0. The molecule has 0 fully saturated rings. The minimum atomic E-state index is -1.03. The molecule has 0 bridgehead atoms. The molecule has 0 unspecified atom stereocenters. The van der Waals surface area contributed by atoms with Crippen LogP contribution in [0.2, 0.25) is 0 Å². The van der Waals surface area contributed by atoms with Gasteiger partial charge in [-0.3, -0.25) is 0 Å². The number of rotatable bonds is 2. The summed E-state index contributed by atoms with van der Waals surface area (Å²) in [6.07, 6.45) is 1.44. The molecule has 2 N–H and O–H groups in total. The molecule has 2 aromatic rings. The van der Waals surface area contributed by atoms with Gasteiger partial charge in [-0.25, -0.2) is 9.59 Å². The first-order valence-electron chi connectivity index (χ1n) is 3.99. The minimum absolute atomic E-state index is 0.131. The van der Waals surface area contributed by atoms with Gasteiger partial charge in [0.1, 0.15) is 0 Å². The number of thiazole rings is 1. The van der Waals surface area contributed by atoms with Crippen LogP contribution in [-0.4, -0.2) is 22.2 Å². The number of hydrogen-bond acceptors (Lipinski definition) is 3. The third-order valence-electron chi connectivity index (χ3n) is 1.94. The van der Waals surface area contributed by atoms with E-state index in [1.165, 1.54) is 39.4 Å². The Morgan fingerprint density at radius 1 is 1.27 bits per heavy atom. The van der Waals surface area contributed by atoms with E-state index in [0.29, 0.717) is 4.83 Å². The second kappa shape index (κ2) is 3.32. The van der Waals surface area contributed by atoms with Crippen molar-refractivity contribution in [2.24, 2.45) is 0 Å². The second-order valence-electron chi connectivity index (χ2n) is 2.85. The van der Waals surface area contributed by atoms with Gasteiger partial charge < -0.3 is 10.2 Å². The molecule has 76 valence electrons. The van der Waals surface area contributed by atoms with Crippen LogP contribution in [0.4, 0.5) is 0 Å². The Balaban J connectivity index is 2.66. The summed E-state index contributed by atoms with van der Waals surface area (Å²) in [5.41, 5.74) is 0.278. The van der Waals surface area contributed by atoms with Crippen LogP contribution in [0.15, 0.2) is 23.7 Å². The van der Waals surface area contributed by atoms with Crippen LogP contribution in [0.1, 0.15) is 20.8 Å². The molecule has 0 amide bonds. The lowest BCUT2D eigenvalue weighted by atomic mass is 10.3. The molecule has 0 aliphatic carbocycles. The first-order chi connectivity index (χ1) is 7.09. The molecule has 5 nitrogen and oxygen atoms in total. The van der Waals surface area contributed by atoms with Crippen LogP contribution >= 0.6 is 11.3 Å². The van der Waals surface area contributed by atoms with Crippen LogP contribution in [0.3, 0.4) is 0 Å². The number of nitrogens with zero attached hydrogens (tertiary/aromatic N) is 1. The van der Waals surface area contributed by atoms with Gasteiger partial charge in [-0.15, -0.1) is 4.40 Å². The smallest absolute Gasteiger partial charge is 0.402 e. The SMILES string of the molecule is O=C(O)c1cc[n+]2c(C(=O)O)csc2c1. The van der Waals surface area contributed by atoms with Crippen molar-refractivity contribution in [3.8, 4) is 0 Å². The molecule has 0 spiro atoms. The summed E-state index contributed by atoms with van der Waals surface area (Å²) in [5, 5.41) is 19.0. The first kappa shape index (κ1) is 9.60. The molecule has 0 aromatic carbocycles. The number of fused-ring (bicyclic) bond motifs is 1. The number of carboxylic acids is 2. The largest absolute Gasteiger partial charge is 0.478 e. The number of carboxylic acid groups (broad SMARTS) is 2. The zero-order valence-electron chi connectivity index (χ0n) is 7.38. The van der Waals surface area contributed by atoms with E-state index in [-0.39, 0.29) is 11.3 Å². The highest BCUT2D eigenvalue weighted by molar-refractivity contribution is 7.15. The maximum absolute atomic E-state index is 10.8. The fourth-order valence-corrected chi connectivity index (χ4v) is 2.14. The Morgan fingerprint density at radius 3 is 2.60 bits per heavy atom. The van der Waals surface area contributed by atoms with Crippen molar-refractivity contribution < 1.29 is 24.2 Å². The van der Waals surface area contributed by atoms with Gasteiger partial charge in [0.2, 0.25) is 0 Å².